The van der Waals surface area contributed by atoms with Crippen LogP contribution in [0.25, 0.3) is 0 Å². The van der Waals surface area contributed by atoms with Crippen molar-refractivity contribution < 1.29 is 9.21 Å². The summed E-state index contributed by atoms with van der Waals surface area (Å²) in [5.41, 5.74) is 0.899. The van der Waals surface area contributed by atoms with E-state index in [2.05, 4.69) is 4.98 Å². The van der Waals surface area contributed by atoms with E-state index in [0.29, 0.717) is 17.0 Å². The van der Waals surface area contributed by atoms with Crippen LogP contribution in [0.4, 0.5) is 0 Å². The van der Waals surface area contributed by atoms with Crippen molar-refractivity contribution in [1.82, 2.24) is 9.88 Å². The van der Waals surface area contributed by atoms with E-state index in [0.717, 1.165) is 24.3 Å². The van der Waals surface area contributed by atoms with Crippen molar-refractivity contribution in [2.75, 3.05) is 12.8 Å². The minimum absolute atomic E-state index is 0.172. The van der Waals surface area contributed by atoms with Crippen molar-refractivity contribution in [3.8, 4) is 0 Å². The minimum atomic E-state index is 0.172. The normalized spacial score (nSPS) is 16.6. The molecular weight excluding hydrogens is 260 g/mol. The molecule has 5 heteroatoms. The van der Waals surface area contributed by atoms with E-state index in [1.807, 2.05) is 25.8 Å². The van der Waals surface area contributed by atoms with Crippen molar-refractivity contribution in [1.29, 1.82) is 0 Å². The van der Waals surface area contributed by atoms with Gasteiger partial charge in [-0.05, 0) is 26.7 Å². The van der Waals surface area contributed by atoms with Crippen LogP contribution in [0.5, 0.6) is 0 Å². The fraction of sp³-hybridized carbons (Fsp3) is 0.714. The zero-order valence-electron chi connectivity index (χ0n) is 11.9. The Morgan fingerprint density at radius 1 is 1.37 bits per heavy atom. The molecule has 1 aromatic heterocycles. The summed E-state index contributed by atoms with van der Waals surface area (Å²) in [5, 5.41) is 0.598. The minimum Gasteiger partial charge on any atom is -0.437 e. The number of aromatic nitrogens is 1. The number of rotatable bonds is 4. The summed E-state index contributed by atoms with van der Waals surface area (Å²) >= 11 is 1.39. The molecule has 19 heavy (non-hydrogen) atoms. The van der Waals surface area contributed by atoms with Crippen LogP contribution in [-0.2, 0) is 4.79 Å². The molecule has 1 saturated carbocycles. The second-order valence-corrected chi connectivity index (χ2v) is 6.13. The SMILES string of the molecule is Cc1nc(SCC(=O)N(C)C2CCCCC2)oc1C. The number of aryl methyl sites for hydroxylation is 2. The van der Waals surface area contributed by atoms with Crippen LogP contribution < -0.4 is 0 Å². The van der Waals surface area contributed by atoms with Crippen molar-refractivity contribution >= 4 is 17.7 Å². The predicted molar refractivity (Wildman–Crippen MR) is 76.3 cm³/mol. The number of amides is 1. The van der Waals surface area contributed by atoms with Crippen molar-refractivity contribution in [2.24, 2.45) is 0 Å². The highest BCUT2D eigenvalue weighted by Gasteiger charge is 2.22. The van der Waals surface area contributed by atoms with Crippen LogP contribution >= 0.6 is 11.8 Å². The number of hydrogen-bond donors (Lipinski definition) is 0. The maximum absolute atomic E-state index is 12.1. The lowest BCUT2D eigenvalue weighted by Crippen LogP contribution is -2.39. The third-order valence-corrected chi connectivity index (χ3v) is 4.66. The predicted octanol–water partition coefficient (Wildman–Crippen LogP) is 3.17. The zero-order chi connectivity index (χ0) is 13.8. The second-order valence-electron chi connectivity index (χ2n) is 5.21. The molecule has 1 fully saturated rings. The number of thioether (sulfide) groups is 1. The molecule has 4 nitrogen and oxygen atoms in total. The van der Waals surface area contributed by atoms with Crippen molar-refractivity contribution in [3.05, 3.63) is 11.5 Å². The van der Waals surface area contributed by atoms with E-state index in [9.17, 15) is 4.79 Å². The first-order valence-corrected chi connectivity index (χ1v) is 7.89. The average Bonchev–Trinajstić information content (AvgIpc) is 2.75. The van der Waals surface area contributed by atoms with Gasteiger partial charge in [0.05, 0.1) is 11.4 Å². The summed E-state index contributed by atoms with van der Waals surface area (Å²) in [7, 11) is 1.92. The number of carbonyl (C=O) groups excluding carboxylic acids is 1. The second kappa shape index (κ2) is 6.46. The van der Waals surface area contributed by atoms with E-state index < -0.39 is 0 Å². The number of hydrogen-bond acceptors (Lipinski definition) is 4. The average molecular weight is 282 g/mol. The highest BCUT2D eigenvalue weighted by molar-refractivity contribution is 7.99. The highest BCUT2D eigenvalue weighted by Crippen LogP contribution is 2.24. The monoisotopic (exact) mass is 282 g/mol. The maximum Gasteiger partial charge on any atom is 0.256 e. The first-order valence-electron chi connectivity index (χ1n) is 6.90. The zero-order valence-corrected chi connectivity index (χ0v) is 12.8. The van der Waals surface area contributed by atoms with E-state index in [1.54, 1.807) is 0 Å². The van der Waals surface area contributed by atoms with Crippen LogP contribution in [0, 0.1) is 13.8 Å². The Morgan fingerprint density at radius 2 is 2.05 bits per heavy atom. The number of carbonyl (C=O) groups is 1. The molecular formula is C14H22N2O2S. The molecule has 0 bridgehead atoms. The van der Waals surface area contributed by atoms with Crippen LogP contribution in [0.15, 0.2) is 9.64 Å². The highest BCUT2D eigenvalue weighted by atomic mass is 32.2. The van der Waals surface area contributed by atoms with Gasteiger partial charge in [0.15, 0.2) is 0 Å². The van der Waals surface area contributed by atoms with Gasteiger partial charge in [-0.3, -0.25) is 4.79 Å². The summed E-state index contributed by atoms with van der Waals surface area (Å²) in [6, 6.07) is 0.426. The van der Waals surface area contributed by atoms with Crippen LogP contribution in [0.1, 0.15) is 43.6 Å². The van der Waals surface area contributed by atoms with E-state index >= 15 is 0 Å². The Labute approximate surface area is 118 Å². The molecule has 0 atom stereocenters. The standard InChI is InChI=1S/C14H22N2O2S/c1-10-11(2)18-14(15-10)19-9-13(17)16(3)12-7-5-4-6-8-12/h12H,4-9H2,1-3H3. The molecule has 0 aliphatic heterocycles. The van der Waals surface area contributed by atoms with Gasteiger partial charge in [0.25, 0.3) is 5.22 Å². The van der Waals surface area contributed by atoms with Gasteiger partial charge in [0, 0.05) is 13.1 Å². The van der Waals surface area contributed by atoms with Gasteiger partial charge in [0.1, 0.15) is 5.76 Å². The maximum atomic E-state index is 12.1. The molecule has 0 unspecified atom stereocenters. The lowest BCUT2D eigenvalue weighted by atomic mass is 9.94. The molecule has 1 aliphatic rings. The molecule has 1 amide bonds. The first kappa shape index (κ1) is 14.4. The van der Waals surface area contributed by atoms with Crippen molar-refractivity contribution in [2.45, 2.75) is 57.2 Å². The molecule has 1 aromatic rings. The molecule has 1 aliphatic carbocycles. The molecule has 2 rings (SSSR count). The van der Waals surface area contributed by atoms with Crippen LogP contribution in [-0.4, -0.2) is 34.6 Å². The van der Waals surface area contributed by atoms with E-state index in [1.165, 1.54) is 31.0 Å². The number of oxazole rings is 1. The molecule has 1 heterocycles. The summed E-state index contributed by atoms with van der Waals surface area (Å²) in [5.74, 6) is 1.41. The van der Waals surface area contributed by atoms with Gasteiger partial charge in [-0.2, -0.15) is 0 Å². The van der Waals surface area contributed by atoms with Crippen LogP contribution in [0.2, 0.25) is 0 Å². The molecule has 0 aromatic carbocycles. The third-order valence-electron chi connectivity index (χ3n) is 3.84. The largest absolute Gasteiger partial charge is 0.437 e. The van der Waals surface area contributed by atoms with Gasteiger partial charge in [0.2, 0.25) is 5.91 Å². The first-order chi connectivity index (χ1) is 9.08. The molecule has 0 N–H and O–H groups in total. The Bertz CT molecular complexity index is 419. The lowest BCUT2D eigenvalue weighted by molar-refractivity contribution is -0.129. The smallest absolute Gasteiger partial charge is 0.256 e. The molecule has 0 radical (unpaired) electrons. The van der Waals surface area contributed by atoms with Crippen molar-refractivity contribution in [3.63, 3.8) is 0 Å². The van der Waals surface area contributed by atoms with Gasteiger partial charge in [-0.1, -0.05) is 31.0 Å². The van der Waals surface area contributed by atoms with E-state index in [-0.39, 0.29) is 5.91 Å². The Hall–Kier alpha value is -0.970. The Balaban J connectivity index is 1.83. The Morgan fingerprint density at radius 3 is 2.63 bits per heavy atom. The molecule has 0 saturated heterocycles. The molecule has 0 spiro atoms. The van der Waals surface area contributed by atoms with Gasteiger partial charge >= 0.3 is 0 Å². The topological polar surface area (TPSA) is 46.3 Å². The van der Waals surface area contributed by atoms with E-state index in [4.69, 9.17) is 4.42 Å². The Kier molecular flexibility index (Phi) is 4.91. The fourth-order valence-electron chi connectivity index (χ4n) is 2.40. The third kappa shape index (κ3) is 3.75. The summed E-state index contributed by atoms with van der Waals surface area (Å²) in [6.45, 7) is 3.81. The number of nitrogens with zero attached hydrogens (tertiary/aromatic N) is 2. The lowest BCUT2D eigenvalue weighted by Gasteiger charge is -2.31. The summed E-state index contributed by atoms with van der Waals surface area (Å²) < 4.78 is 5.47. The summed E-state index contributed by atoms with van der Waals surface area (Å²) in [4.78, 5) is 18.3. The van der Waals surface area contributed by atoms with Gasteiger partial charge in [-0.15, -0.1) is 0 Å². The van der Waals surface area contributed by atoms with Gasteiger partial charge < -0.3 is 9.32 Å². The van der Waals surface area contributed by atoms with Gasteiger partial charge in [-0.25, -0.2) is 4.98 Å². The fourth-order valence-corrected chi connectivity index (χ4v) is 3.24. The molecule has 106 valence electrons. The quantitative estimate of drug-likeness (QED) is 0.796. The van der Waals surface area contributed by atoms with Crippen LogP contribution in [0.3, 0.4) is 0 Å². The summed E-state index contributed by atoms with van der Waals surface area (Å²) in [6.07, 6.45) is 6.08.